The average Bonchev–Trinajstić information content (AvgIpc) is 2.26. The molecular formula is C9H18N2OS. The van der Waals surface area contributed by atoms with Crippen molar-refractivity contribution in [1.82, 2.24) is 10.2 Å². The Balaban J connectivity index is 2.70. The molecule has 1 N–H and O–H groups in total. The first-order chi connectivity index (χ1) is 5.99. The van der Waals surface area contributed by atoms with Gasteiger partial charge in [0.2, 0.25) is 0 Å². The molecule has 0 radical (unpaired) electrons. The van der Waals surface area contributed by atoms with E-state index in [4.69, 9.17) is 0 Å². The highest BCUT2D eigenvalue weighted by Gasteiger charge is 2.40. The number of urea groups is 1. The molecule has 1 fully saturated rings. The van der Waals surface area contributed by atoms with Crippen molar-refractivity contribution in [2.24, 2.45) is 0 Å². The Labute approximate surface area is 84.2 Å². The molecule has 76 valence electrons. The molecule has 1 aliphatic rings. The molecule has 0 aromatic carbocycles. The lowest BCUT2D eigenvalue weighted by molar-refractivity contribution is 0.164. The molecular weight excluding hydrogens is 184 g/mol. The van der Waals surface area contributed by atoms with Crippen molar-refractivity contribution in [1.29, 1.82) is 0 Å². The normalized spacial score (nSPS) is 26.2. The van der Waals surface area contributed by atoms with Crippen molar-refractivity contribution in [2.75, 3.05) is 12.3 Å². The molecule has 1 atom stereocenters. The van der Waals surface area contributed by atoms with E-state index in [0.29, 0.717) is 12.6 Å². The van der Waals surface area contributed by atoms with Gasteiger partial charge in [-0.3, -0.25) is 0 Å². The smallest absolute Gasteiger partial charge is 0.318 e. The Morgan fingerprint density at radius 3 is 2.69 bits per heavy atom. The highest BCUT2D eigenvalue weighted by molar-refractivity contribution is 8.00. The number of hydrogen-bond donors (Lipinski definition) is 1. The first-order valence-electron chi connectivity index (χ1n) is 4.70. The van der Waals surface area contributed by atoms with Crippen molar-refractivity contribution in [3.63, 3.8) is 0 Å². The lowest BCUT2D eigenvalue weighted by Crippen LogP contribution is -2.50. The van der Waals surface area contributed by atoms with Crippen LogP contribution in [0.5, 0.6) is 0 Å². The van der Waals surface area contributed by atoms with Gasteiger partial charge in [0.1, 0.15) is 0 Å². The number of carbonyl (C=O) groups is 1. The minimum Gasteiger partial charge on any atom is -0.338 e. The number of rotatable bonds is 1. The third-order valence-electron chi connectivity index (χ3n) is 2.25. The Morgan fingerprint density at radius 2 is 2.31 bits per heavy atom. The number of nitrogens with zero attached hydrogens (tertiary/aromatic N) is 1. The van der Waals surface area contributed by atoms with Crippen LogP contribution in [0.1, 0.15) is 27.7 Å². The predicted molar refractivity (Wildman–Crippen MR) is 56.9 cm³/mol. The number of hydrogen-bond acceptors (Lipinski definition) is 2. The van der Waals surface area contributed by atoms with Gasteiger partial charge in [-0.25, -0.2) is 4.79 Å². The number of thioether (sulfide) groups is 1. The fraction of sp³-hybridized carbons (Fsp3) is 0.889. The van der Waals surface area contributed by atoms with Gasteiger partial charge in [0, 0.05) is 18.3 Å². The molecule has 1 aliphatic heterocycles. The Kier molecular flexibility index (Phi) is 3.11. The summed E-state index contributed by atoms with van der Waals surface area (Å²) in [6.07, 6.45) is 0. The molecule has 0 saturated carbocycles. The summed E-state index contributed by atoms with van der Waals surface area (Å²) in [6, 6.07) is 0.400. The SMILES string of the molecule is CCNC(=O)N1C(C)CSC1(C)C. The molecule has 0 aromatic rings. The van der Waals surface area contributed by atoms with Crippen LogP contribution in [0.3, 0.4) is 0 Å². The van der Waals surface area contributed by atoms with E-state index in [1.807, 2.05) is 23.6 Å². The average molecular weight is 202 g/mol. The quantitative estimate of drug-likeness (QED) is 0.704. The van der Waals surface area contributed by atoms with Crippen molar-refractivity contribution >= 4 is 17.8 Å². The molecule has 0 bridgehead atoms. The monoisotopic (exact) mass is 202 g/mol. The van der Waals surface area contributed by atoms with E-state index in [1.54, 1.807) is 0 Å². The van der Waals surface area contributed by atoms with Crippen molar-refractivity contribution < 1.29 is 4.79 Å². The van der Waals surface area contributed by atoms with E-state index in [0.717, 1.165) is 5.75 Å². The van der Waals surface area contributed by atoms with Crippen molar-refractivity contribution in [2.45, 2.75) is 38.6 Å². The third kappa shape index (κ3) is 2.10. The lowest BCUT2D eigenvalue weighted by atomic mass is 10.2. The van der Waals surface area contributed by atoms with Crippen LogP contribution in [-0.2, 0) is 0 Å². The molecule has 0 aliphatic carbocycles. The zero-order valence-electron chi connectivity index (χ0n) is 8.76. The highest BCUT2D eigenvalue weighted by Crippen LogP contribution is 2.38. The summed E-state index contributed by atoms with van der Waals surface area (Å²) in [6.45, 7) is 8.92. The Hall–Kier alpha value is -0.380. The van der Waals surface area contributed by atoms with Gasteiger partial charge in [-0.15, -0.1) is 11.8 Å². The summed E-state index contributed by atoms with van der Waals surface area (Å²) in [4.78, 5) is 13.5. The van der Waals surface area contributed by atoms with Gasteiger partial charge in [0.25, 0.3) is 0 Å². The summed E-state index contributed by atoms with van der Waals surface area (Å²) in [5.74, 6) is 1.03. The molecule has 1 rings (SSSR count). The van der Waals surface area contributed by atoms with E-state index in [-0.39, 0.29) is 10.9 Å². The summed E-state index contributed by atoms with van der Waals surface area (Å²) in [5.41, 5.74) is 0. The molecule has 1 saturated heterocycles. The summed E-state index contributed by atoms with van der Waals surface area (Å²) in [7, 11) is 0. The van der Waals surface area contributed by atoms with Crippen LogP contribution in [0.15, 0.2) is 0 Å². The van der Waals surface area contributed by atoms with Crippen LogP contribution >= 0.6 is 11.8 Å². The second-order valence-electron chi connectivity index (χ2n) is 3.81. The van der Waals surface area contributed by atoms with Crippen LogP contribution in [0, 0.1) is 0 Å². The zero-order chi connectivity index (χ0) is 10.1. The summed E-state index contributed by atoms with van der Waals surface area (Å²) >= 11 is 1.84. The zero-order valence-corrected chi connectivity index (χ0v) is 9.57. The maximum absolute atomic E-state index is 11.7. The maximum atomic E-state index is 11.7. The molecule has 13 heavy (non-hydrogen) atoms. The summed E-state index contributed by atoms with van der Waals surface area (Å²) in [5, 5.41) is 2.85. The van der Waals surface area contributed by atoms with Crippen molar-refractivity contribution in [3.8, 4) is 0 Å². The van der Waals surface area contributed by atoms with E-state index >= 15 is 0 Å². The first-order valence-corrected chi connectivity index (χ1v) is 5.68. The van der Waals surface area contributed by atoms with Gasteiger partial charge in [0.15, 0.2) is 0 Å². The van der Waals surface area contributed by atoms with Gasteiger partial charge in [-0.05, 0) is 27.7 Å². The molecule has 1 unspecified atom stereocenters. The minimum absolute atomic E-state index is 0.0569. The number of nitrogens with one attached hydrogen (secondary N) is 1. The molecule has 0 aromatic heterocycles. The molecule has 0 spiro atoms. The predicted octanol–water partition coefficient (Wildman–Crippen LogP) is 1.89. The van der Waals surface area contributed by atoms with Gasteiger partial charge in [-0.1, -0.05) is 0 Å². The lowest BCUT2D eigenvalue weighted by Gasteiger charge is -2.33. The topological polar surface area (TPSA) is 32.3 Å². The fourth-order valence-corrected chi connectivity index (χ4v) is 2.88. The van der Waals surface area contributed by atoms with Crippen molar-refractivity contribution in [3.05, 3.63) is 0 Å². The second-order valence-corrected chi connectivity index (χ2v) is 5.43. The van der Waals surface area contributed by atoms with Gasteiger partial charge in [-0.2, -0.15) is 0 Å². The maximum Gasteiger partial charge on any atom is 0.318 e. The molecule has 2 amide bonds. The van der Waals surface area contributed by atoms with Crippen LogP contribution in [0.25, 0.3) is 0 Å². The Bertz CT molecular complexity index is 206. The molecule has 1 heterocycles. The minimum atomic E-state index is -0.0569. The number of carbonyl (C=O) groups excluding carboxylic acids is 1. The van der Waals surface area contributed by atoms with Crippen LogP contribution in [-0.4, -0.2) is 34.1 Å². The Morgan fingerprint density at radius 1 is 1.69 bits per heavy atom. The van der Waals surface area contributed by atoms with Crippen LogP contribution in [0.4, 0.5) is 4.79 Å². The van der Waals surface area contributed by atoms with Crippen LogP contribution in [0.2, 0.25) is 0 Å². The van der Waals surface area contributed by atoms with Crippen LogP contribution < -0.4 is 5.32 Å². The molecule has 3 nitrogen and oxygen atoms in total. The first kappa shape index (κ1) is 10.7. The number of amides is 2. The highest BCUT2D eigenvalue weighted by atomic mass is 32.2. The third-order valence-corrected chi connectivity index (χ3v) is 3.80. The summed E-state index contributed by atoms with van der Waals surface area (Å²) < 4.78 is 0. The van der Waals surface area contributed by atoms with E-state index in [9.17, 15) is 4.79 Å². The van der Waals surface area contributed by atoms with Gasteiger partial charge >= 0.3 is 6.03 Å². The largest absolute Gasteiger partial charge is 0.338 e. The second kappa shape index (κ2) is 3.78. The standard InChI is InChI=1S/C9H18N2OS/c1-5-10-8(12)11-7(2)6-13-9(11,3)4/h7H,5-6H2,1-4H3,(H,10,12). The van der Waals surface area contributed by atoms with Gasteiger partial charge < -0.3 is 10.2 Å². The van der Waals surface area contributed by atoms with E-state index in [1.165, 1.54) is 0 Å². The van der Waals surface area contributed by atoms with E-state index < -0.39 is 0 Å². The van der Waals surface area contributed by atoms with Gasteiger partial charge in [0.05, 0.1) is 4.87 Å². The van der Waals surface area contributed by atoms with E-state index in [2.05, 4.69) is 26.1 Å². The fourth-order valence-electron chi connectivity index (χ4n) is 1.68. The molecule has 4 heteroatoms.